The van der Waals surface area contributed by atoms with Gasteiger partial charge in [0.2, 0.25) is 5.91 Å². The normalized spacial score (nSPS) is 25.2. The summed E-state index contributed by atoms with van der Waals surface area (Å²) in [5, 5.41) is 0. The van der Waals surface area contributed by atoms with E-state index < -0.39 is 0 Å². The standard InChI is InChI=1S/C21H30N2O2/c24-20(21(10-4-11-21)18-6-2-1-3-7-18)23-13-5-12-22(14-15-23)19-8-16-25-17-9-19/h1-3,6-7,19H,4-5,8-17H2. The van der Waals surface area contributed by atoms with Gasteiger partial charge in [0.1, 0.15) is 0 Å². The Morgan fingerprint density at radius 1 is 0.960 bits per heavy atom. The first kappa shape index (κ1) is 17.0. The van der Waals surface area contributed by atoms with Gasteiger partial charge in [0.25, 0.3) is 0 Å². The third-order valence-corrected chi connectivity index (χ3v) is 6.47. The minimum atomic E-state index is -0.241. The molecule has 0 aromatic heterocycles. The van der Waals surface area contributed by atoms with Crippen LogP contribution in [0.25, 0.3) is 0 Å². The van der Waals surface area contributed by atoms with Crippen molar-refractivity contribution in [2.24, 2.45) is 0 Å². The average Bonchev–Trinajstić information content (AvgIpc) is 2.88. The molecule has 2 saturated heterocycles. The number of ether oxygens (including phenoxy) is 1. The molecule has 1 aliphatic carbocycles. The number of carbonyl (C=O) groups is 1. The molecule has 1 aromatic rings. The van der Waals surface area contributed by atoms with Crippen molar-refractivity contribution in [1.82, 2.24) is 9.80 Å². The number of carbonyl (C=O) groups excluding carboxylic acids is 1. The SMILES string of the molecule is O=C(N1CCCN(C2CCOCC2)CC1)C1(c2ccccc2)CCC1. The van der Waals surface area contributed by atoms with Crippen molar-refractivity contribution in [3.05, 3.63) is 35.9 Å². The van der Waals surface area contributed by atoms with Crippen LogP contribution in [0.5, 0.6) is 0 Å². The lowest BCUT2D eigenvalue weighted by molar-refractivity contribution is -0.140. The molecule has 25 heavy (non-hydrogen) atoms. The van der Waals surface area contributed by atoms with Crippen molar-refractivity contribution in [2.75, 3.05) is 39.4 Å². The van der Waals surface area contributed by atoms with Crippen LogP contribution in [0.15, 0.2) is 30.3 Å². The summed E-state index contributed by atoms with van der Waals surface area (Å²) in [4.78, 5) is 18.2. The molecule has 3 fully saturated rings. The van der Waals surface area contributed by atoms with Crippen molar-refractivity contribution in [3.8, 4) is 0 Å². The van der Waals surface area contributed by atoms with Gasteiger partial charge in [-0.2, -0.15) is 0 Å². The maximum Gasteiger partial charge on any atom is 0.233 e. The summed E-state index contributed by atoms with van der Waals surface area (Å²) < 4.78 is 5.51. The lowest BCUT2D eigenvalue weighted by Crippen LogP contribution is -2.52. The smallest absolute Gasteiger partial charge is 0.233 e. The second kappa shape index (κ2) is 7.46. The van der Waals surface area contributed by atoms with E-state index in [1.807, 2.05) is 6.07 Å². The fourth-order valence-electron chi connectivity index (χ4n) is 4.77. The summed E-state index contributed by atoms with van der Waals surface area (Å²) in [6.45, 7) is 5.70. The maximum atomic E-state index is 13.4. The molecule has 2 aliphatic heterocycles. The van der Waals surface area contributed by atoms with E-state index in [1.54, 1.807) is 0 Å². The second-order valence-corrected chi connectivity index (χ2v) is 7.83. The second-order valence-electron chi connectivity index (χ2n) is 7.83. The summed E-state index contributed by atoms with van der Waals surface area (Å²) in [5.41, 5.74) is 0.978. The molecule has 0 atom stereocenters. The van der Waals surface area contributed by atoms with E-state index >= 15 is 0 Å². The maximum absolute atomic E-state index is 13.4. The number of benzene rings is 1. The van der Waals surface area contributed by atoms with Gasteiger partial charge in [-0.05, 0) is 37.7 Å². The van der Waals surface area contributed by atoms with Gasteiger partial charge < -0.3 is 9.64 Å². The lowest BCUT2D eigenvalue weighted by atomic mass is 9.63. The number of hydrogen-bond donors (Lipinski definition) is 0. The van der Waals surface area contributed by atoms with E-state index in [-0.39, 0.29) is 5.41 Å². The van der Waals surface area contributed by atoms with Crippen molar-refractivity contribution in [2.45, 2.75) is 50.0 Å². The van der Waals surface area contributed by atoms with Gasteiger partial charge >= 0.3 is 0 Å². The topological polar surface area (TPSA) is 32.8 Å². The van der Waals surface area contributed by atoms with Crippen molar-refractivity contribution in [1.29, 1.82) is 0 Å². The van der Waals surface area contributed by atoms with Crippen LogP contribution in [-0.4, -0.2) is 61.1 Å². The zero-order valence-corrected chi connectivity index (χ0v) is 15.2. The zero-order chi connectivity index (χ0) is 17.1. The lowest BCUT2D eigenvalue weighted by Gasteiger charge is -2.44. The van der Waals surface area contributed by atoms with Crippen LogP contribution in [0, 0.1) is 0 Å². The minimum Gasteiger partial charge on any atom is -0.381 e. The first-order valence-electron chi connectivity index (χ1n) is 9.96. The molecule has 1 aromatic carbocycles. The number of rotatable bonds is 3. The van der Waals surface area contributed by atoms with Crippen LogP contribution in [0.2, 0.25) is 0 Å². The predicted molar refractivity (Wildman–Crippen MR) is 98.6 cm³/mol. The number of nitrogens with zero attached hydrogens (tertiary/aromatic N) is 2. The van der Waals surface area contributed by atoms with Crippen LogP contribution in [-0.2, 0) is 14.9 Å². The molecule has 2 heterocycles. The van der Waals surface area contributed by atoms with Crippen LogP contribution in [0.3, 0.4) is 0 Å². The third-order valence-electron chi connectivity index (χ3n) is 6.47. The number of amides is 1. The van der Waals surface area contributed by atoms with Crippen LogP contribution in [0.4, 0.5) is 0 Å². The van der Waals surface area contributed by atoms with Gasteiger partial charge in [0.15, 0.2) is 0 Å². The fraction of sp³-hybridized carbons (Fsp3) is 0.667. The van der Waals surface area contributed by atoms with Crippen LogP contribution >= 0.6 is 0 Å². The van der Waals surface area contributed by atoms with Gasteiger partial charge in [-0.3, -0.25) is 9.69 Å². The monoisotopic (exact) mass is 342 g/mol. The summed E-state index contributed by atoms with van der Waals surface area (Å²) in [5.74, 6) is 0.374. The Labute approximate surface area is 151 Å². The van der Waals surface area contributed by atoms with E-state index in [2.05, 4.69) is 34.1 Å². The van der Waals surface area contributed by atoms with Crippen LogP contribution < -0.4 is 0 Å². The summed E-state index contributed by atoms with van der Waals surface area (Å²) in [6, 6.07) is 11.1. The Hall–Kier alpha value is -1.39. The average molecular weight is 342 g/mol. The molecule has 4 heteroatoms. The van der Waals surface area contributed by atoms with E-state index in [9.17, 15) is 4.79 Å². The molecule has 4 rings (SSSR count). The molecule has 4 nitrogen and oxygen atoms in total. The fourth-order valence-corrected chi connectivity index (χ4v) is 4.77. The predicted octanol–water partition coefficient (Wildman–Crippen LogP) is 2.82. The molecule has 0 unspecified atom stereocenters. The molecule has 0 N–H and O–H groups in total. The van der Waals surface area contributed by atoms with E-state index in [0.717, 1.165) is 71.5 Å². The van der Waals surface area contributed by atoms with Crippen molar-refractivity contribution >= 4 is 5.91 Å². The highest BCUT2D eigenvalue weighted by Crippen LogP contribution is 2.45. The molecule has 1 saturated carbocycles. The first-order valence-corrected chi connectivity index (χ1v) is 9.96. The Bertz CT molecular complexity index is 579. The molecule has 1 amide bonds. The van der Waals surface area contributed by atoms with Gasteiger partial charge in [0.05, 0.1) is 5.41 Å². The highest BCUT2D eigenvalue weighted by molar-refractivity contribution is 5.89. The Morgan fingerprint density at radius 3 is 2.40 bits per heavy atom. The summed E-state index contributed by atoms with van der Waals surface area (Å²) in [6.07, 6.45) is 6.56. The van der Waals surface area contributed by atoms with E-state index in [1.165, 1.54) is 12.0 Å². The van der Waals surface area contributed by atoms with Gasteiger partial charge in [0, 0.05) is 45.4 Å². The van der Waals surface area contributed by atoms with Gasteiger partial charge in [-0.25, -0.2) is 0 Å². The quantitative estimate of drug-likeness (QED) is 0.847. The number of hydrogen-bond acceptors (Lipinski definition) is 3. The highest BCUT2D eigenvalue weighted by Gasteiger charge is 2.47. The largest absolute Gasteiger partial charge is 0.381 e. The Kier molecular flexibility index (Phi) is 5.09. The zero-order valence-electron chi connectivity index (χ0n) is 15.2. The summed E-state index contributed by atoms with van der Waals surface area (Å²) in [7, 11) is 0. The Balaban J connectivity index is 1.44. The summed E-state index contributed by atoms with van der Waals surface area (Å²) >= 11 is 0. The molecule has 0 radical (unpaired) electrons. The van der Waals surface area contributed by atoms with E-state index in [4.69, 9.17) is 4.74 Å². The third kappa shape index (κ3) is 3.34. The van der Waals surface area contributed by atoms with Gasteiger partial charge in [-0.15, -0.1) is 0 Å². The molecule has 0 spiro atoms. The van der Waals surface area contributed by atoms with E-state index in [0.29, 0.717) is 11.9 Å². The molecular formula is C21H30N2O2. The van der Waals surface area contributed by atoms with Crippen molar-refractivity contribution in [3.63, 3.8) is 0 Å². The van der Waals surface area contributed by atoms with Crippen molar-refractivity contribution < 1.29 is 9.53 Å². The first-order chi connectivity index (χ1) is 12.3. The van der Waals surface area contributed by atoms with Gasteiger partial charge in [-0.1, -0.05) is 36.8 Å². The minimum absolute atomic E-state index is 0.241. The highest BCUT2D eigenvalue weighted by atomic mass is 16.5. The Morgan fingerprint density at radius 2 is 1.72 bits per heavy atom. The molecule has 3 aliphatic rings. The molecule has 136 valence electrons. The molecule has 0 bridgehead atoms. The molecular weight excluding hydrogens is 312 g/mol. The van der Waals surface area contributed by atoms with Crippen LogP contribution in [0.1, 0.15) is 44.1 Å².